The normalized spacial score (nSPS) is 10.6. The standard InChI is InChI=1S/C23H25N3O3/c1-18(27)20-10-12-22(13-11-20)29-14-6-9-23(28)25(2)16-19-15-24-26(17-19)21-7-4-3-5-8-21/h3-5,7-8,10-13,15,17H,6,9,14,16H2,1-2H3. The zero-order valence-electron chi connectivity index (χ0n) is 16.7. The smallest absolute Gasteiger partial charge is 0.222 e. The Morgan fingerprint density at radius 1 is 1.07 bits per heavy atom. The predicted octanol–water partition coefficient (Wildman–Crippen LogP) is 3.89. The number of rotatable bonds is 9. The van der Waals surface area contributed by atoms with E-state index >= 15 is 0 Å². The molecule has 0 N–H and O–H groups in total. The van der Waals surface area contributed by atoms with Crippen LogP contribution in [0.3, 0.4) is 0 Å². The molecule has 0 spiro atoms. The van der Waals surface area contributed by atoms with Gasteiger partial charge in [0.2, 0.25) is 5.91 Å². The minimum atomic E-state index is 0.0273. The summed E-state index contributed by atoms with van der Waals surface area (Å²) in [4.78, 5) is 25.3. The van der Waals surface area contributed by atoms with Crippen molar-refractivity contribution in [2.45, 2.75) is 26.3 Å². The molecule has 1 amide bonds. The van der Waals surface area contributed by atoms with Crippen molar-refractivity contribution in [2.24, 2.45) is 0 Å². The fourth-order valence-electron chi connectivity index (χ4n) is 2.92. The van der Waals surface area contributed by atoms with Crippen LogP contribution in [-0.4, -0.2) is 40.0 Å². The van der Waals surface area contributed by atoms with Crippen molar-refractivity contribution in [2.75, 3.05) is 13.7 Å². The van der Waals surface area contributed by atoms with Crippen LogP contribution in [0.15, 0.2) is 67.0 Å². The lowest BCUT2D eigenvalue weighted by Gasteiger charge is -2.16. The highest BCUT2D eigenvalue weighted by Crippen LogP contribution is 2.14. The Hall–Kier alpha value is -3.41. The highest BCUT2D eigenvalue weighted by atomic mass is 16.5. The lowest BCUT2D eigenvalue weighted by Crippen LogP contribution is -2.26. The molecule has 29 heavy (non-hydrogen) atoms. The Morgan fingerprint density at radius 3 is 2.48 bits per heavy atom. The van der Waals surface area contributed by atoms with E-state index in [1.54, 1.807) is 47.1 Å². The molecule has 0 aliphatic heterocycles. The van der Waals surface area contributed by atoms with Crippen LogP contribution in [-0.2, 0) is 11.3 Å². The Morgan fingerprint density at radius 2 is 1.79 bits per heavy atom. The molecule has 1 heterocycles. The summed E-state index contributed by atoms with van der Waals surface area (Å²) < 4.78 is 7.45. The number of Topliss-reactive ketones (excluding diaryl/α,β-unsaturated/α-hetero) is 1. The predicted molar refractivity (Wildman–Crippen MR) is 111 cm³/mol. The first kappa shape index (κ1) is 20.3. The van der Waals surface area contributed by atoms with Crippen molar-refractivity contribution in [3.8, 4) is 11.4 Å². The second-order valence-corrected chi connectivity index (χ2v) is 6.91. The number of carbonyl (C=O) groups is 2. The first-order valence-electron chi connectivity index (χ1n) is 9.59. The van der Waals surface area contributed by atoms with E-state index in [1.807, 2.05) is 36.5 Å². The molecule has 0 atom stereocenters. The average Bonchev–Trinajstić information content (AvgIpc) is 3.20. The lowest BCUT2D eigenvalue weighted by molar-refractivity contribution is -0.130. The van der Waals surface area contributed by atoms with Crippen LogP contribution < -0.4 is 4.74 Å². The van der Waals surface area contributed by atoms with Gasteiger partial charge in [0.25, 0.3) is 0 Å². The molecule has 0 aliphatic carbocycles. The second-order valence-electron chi connectivity index (χ2n) is 6.91. The molecule has 3 aromatic rings. The van der Waals surface area contributed by atoms with Crippen LogP contribution >= 0.6 is 0 Å². The maximum Gasteiger partial charge on any atom is 0.222 e. The van der Waals surface area contributed by atoms with Crippen molar-refractivity contribution in [3.05, 3.63) is 78.1 Å². The molecule has 3 rings (SSSR count). The molecule has 0 saturated heterocycles. The van der Waals surface area contributed by atoms with Gasteiger partial charge in [0.15, 0.2) is 5.78 Å². The Bertz CT molecular complexity index is 949. The van der Waals surface area contributed by atoms with E-state index in [1.165, 1.54) is 6.92 Å². The molecule has 2 aromatic carbocycles. The maximum atomic E-state index is 12.4. The maximum absolute atomic E-state index is 12.4. The van der Waals surface area contributed by atoms with Gasteiger partial charge in [-0.05, 0) is 49.7 Å². The van der Waals surface area contributed by atoms with Gasteiger partial charge in [0.1, 0.15) is 5.75 Å². The third-order valence-electron chi connectivity index (χ3n) is 4.57. The van der Waals surface area contributed by atoms with Crippen molar-refractivity contribution in [1.29, 1.82) is 0 Å². The molecule has 0 radical (unpaired) electrons. The van der Waals surface area contributed by atoms with Gasteiger partial charge in [0, 0.05) is 37.3 Å². The summed E-state index contributed by atoms with van der Waals surface area (Å²) in [6.07, 6.45) is 4.76. The third kappa shape index (κ3) is 5.78. The molecule has 6 nitrogen and oxygen atoms in total. The van der Waals surface area contributed by atoms with Gasteiger partial charge in [-0.2, -0.15) is 5.10 Å². The zero-order chi connectivity index (χ0) is 20.6. The molecule has 0 saturated carbocycles. The number of carbonyl (C=O) groups excluding carboxylic acids is 2. The first-order valence-corrected chi connectivity index (χ1v) is 9.59. The van der Waals surface area contributed by atoms with Crippen LogP contribution in [0.5, 0.6) is 5.75 Å². The zero-order valence-corrected chi connectivity index (χ0v) is 16.7. The average molecular weight is 391 g/mol. The number of hydrogen-bond donors (Lipinski definition) is 0. The van der Waals surface area contributed by atoms with Gasteiger partial charge in [-0.3, -0.25) is 9.59 Å². The van der Waals surface area contributed by atoms with Crippen LogP contribution in [0.25, 0.3) is 5.69 Å². The summed E-state index contributed by atoms with van der Waals surface area (Å²) in [6, 6.07) is 16.9. The minimum Gasteiger partial charge on any atom is -0.494 e. The largest absolute Gasteiger partial charge is 0.494 e. The van der Waals surface area contributed by atoms with Crippen molar-refractivity contribution in [1.82, 2.24) is 14.7 Å². The van der Waals surface area contributed by atoms with Gasteiger partial charge < -0.3 is 9.64 Å². The first-order chi connectivity index (χ1) is 14.0. The van der Waals surface area contributed by atoms with Gasteiger partial charge >= 0.3 is 0 Å². The molecule has 150 valence electrons. The van der Waals surface area contributed by atoms with Crippen molar-refractivity contribution in [3.63, 3.8) is 0 Å². The van der Waals surface area contributed by atoms with Crippen LogP contribution in [0.1, 0.15) is 35.7 Å². The van der Waals surface area contributed by atoms with E-state index in [4.69, 9.17) is 4.74 Å². The van der Waals surface area contributed by atoms with Crippen LogP contribution in [0, 0.1) is 0 Å². The lowest BCUT2D eigenvalue weighted by atomic mass is 10.1. The van der Waals surface area contributed by atoms with E-state index in [-0.39, 0.29) is 11.7 Å². The minimum absolute atomic E-state index is 0.0273. The third-order valence-corrected chi connectivity index (χ3v) is 4.57. The summed E-state index contributed by atoms with van der Waals surface area (Å²) in [5, 5.41) is 4.36. The highest BCUT2D eigenvalue weighted by molar-refractivity contribution is 5.94. The summed E-state index contributed by atoms with van der Waals surface area (Å²) >= 11 is 0. The van der Waals surface area contributed by atoms with Crippen LogP contribution in [0.4, 0.5) is 0 Å². The number of aromatic nitrogens is 2. The fraction of sp³-hybridized carbons (Fsp3) is 0.261. The molecule has 1 aromatic heterocycles. The number of ketones is 1. The van der Waals surface area contributed by atoms with Crippen LogP contribution in [0.2, 0.25) is 0 Å². The summed E-state index contributed by atoms with van der Waals surface area (Å²) in [7, 11) is 1.80. The number of para-hydroxylation sites is 1. The van der Waals surface area contributed by atoms with E-state index in [2.05, 4.69) is 5.10 Å². The monoisotopic (exact) mass is 391 g/mol. The molecule has 0 unspecified atom stereocenters. The molecule has 6 heteroatoms. The van der Waals surface area contributed by atoms with Gasteiger partial charge in [-0.1, -0.05) is 18.2 Å². The number of nitrogens with zero attached hydrogens (tertiary/aromatic N) is 3. The number of ether oxygens (including phenoxy) is 1. The summed E-state index contributed by atoms with van der Waals surface area (Å²) in [5.41, 5.74) is 2.62. The highest BCUT2D eigenvalue weighted by Gasteiger charge is 2.11. The Labute approximate surface area is 170 Å². The fourth-order valence-corrected chi connectivity index (χ4v) is 2.92. The number of hydrogen-bond acceptors (Lipinski definition) is 4. The SMILES string of the molecule is CC(=O)c1ccc(OCCCC(=O)N(C)Cc2cnn(-c3ccccc3)c2)cc1. The quantitative estimate of drug-likeness (QED) is 0.410. The topological polar surface area (TPSA) is 64.4 Å². The molecule has 0 bridgehead atoms. The van der Waals surface area contributed by atoms with Crippen molar-refractivity contribution < 1.29 is 14.3 Å². The molecular weight excluding hydrogens is 366 g/mol. The molecule has 0 aliphatic rings. The van der Waals surface area contributed by atoms with E-state index in [0.29, 0.717) is 37.3 Å². The number of amides is 1. The van der Waals surface area contributed by atoms with E-state index < -0.39 is 0 Å². The van der Waals surface area contributed by atoms with Gasteiger partial charge in [-0.15, -0.1) is 0 Å². The number of benzene rings is 2. The van der Waals surface area contributed by atoms with Crippen molar-refractivity contribution >= 4 is 11.7 Å². The summed E-state index contributed by atoms with van der Waals surface area (Å²) in [5.74, 6) is 0.789. The second kappa shape index (κ2) is 9.68. The Balaban J connectivity index is 1.41. The van der Waals surface area contributed by atoms with E-state index in [0.717, 1.165) is 11.3 Å². The Kier molecular flexibility index (Phi) is 6.79. The van der Waals surface area contributed by atoms with E-state index in [9.17, 15) is 9.59 Å². The summed E-state index contributed by atoms with van der Waals surface area (Å²) in [6.45, 7) is 2.49. The van der Waals surface area contributed by atoms with Gasteiger partial charge in [0.05, 0.1) is 18.5 Å². The molecule has 0 fully saturated rings. The van der Waals surface area contributed by atoms with Gasteiger partial charge in [-0.25, -0.2) is 4.68 Å². The molecular formula is C23H25N3O3.